The van der Waals surface area contributed by atoms with Gasteiger partial charge in [0.1, 0.15) is 22.6 Å². The van der Waals surface area contributed by atoms with Crippen molar-refractivity contribution in [2.24, 2.45) is 0 Å². The van der Waals surface area contributed by atoms with Crippen LogP contribution in [0.25, 0.3) is 0 Å². The van der Waals surface area contributed by atoms with E-state index in [4.69, 9.17) is 0 Å². The van der Waals surface area contributed by atoms with Crippen molar-refractivity contribution in [2.45, 2.75) is 17.4 Å². The molecule has 3 rings (SSSR count). The normalized spacial score (nSPS) is 18.2. The second-order valence-electron chi connectivity index (χ2n) is 5.36. The van der Waals surface area contributed by atoms with Gasteiger partial charge in [-0.25, -0.2) is 17.2 Å². The fourth-order valence-corrected chi connectivity index (χ4v) is 3.90. The van der Waals surface area contributed by atoms with Crippen molar-refractivity contribution in [3.05, 3.63) is 60.2 Å². The lowest BCUT2D eigenvalue weighted by molar-refractivity contribution is -0.118. The Bertz CT molecular complexity index is 872. The summed E-state index contributed by atoms with van der Waals surface area (Å²) in [6, 6.07) is 9.94. The number of halogens is 2. The van der Waals surface area contributed by atoms with E-state index in [1.165, 1.54) is 4.90 Å². The zero-order chi connectivity index (χ0) is 17.3. The lowest BCUT2D eigenvalue weighted by Crippen LogP contribution is -2.41. The smallest absolute Gasteiger partial charge is 0.245 e. The molecule has 2 aromatic carbocycles. The average molecular weight is 352 g/mol. The van der Waals surface area contributed by atoms with Crippen LogP contribution in [-0.2, 0) is 14.8 Å². The lowest BCUT2D eigenvalue weighted by Gasteiger charge is -2.17. The Morgan fingerprint density at radius 1 is 1.08 bits per heavy atom. The van der Waals surface area contributed by atoms with Gasteiger partial charge in [0.25, 0.3) is 0 Å². The number of nitrogens with one attached hydrogen (secondary N) is 1. The second-order valence-corrected chi connectivity index (χ2v) is 7.05. The molecule has 1 saturated heterocycles. The maximum absolute atomic E-state index is 13.7. The van der Waals surface area contributed by atoms with Crippen molar-refractivity contribution in [2.75, 3.05) is 11.4 Å². The Morgan fingerprint density at radius 3 is 2.50 bits per heavy atom. The van der Waals surface area contributed by atoms with Crippen LogP contribution in [0.4, 0.5) is 14.5 Å². The highest BCUT2D eigenvalue weighted by molar-refractivity contribution is 7.89. The van der Waals surface area contributed by atoms with Gasteiger partial charge in [0.15, 0.2) is 0 Å². The first-order chi connectivity index (χ1) is 11.4. The lowest BCUT2D eigenvalue weighted by atomic mass is 10.3. The molecule has 1 fully saturated rings. The van der Waals surface area contributed by atoms with Crippen LogP contribution in [0.1, 0.15) is 6.42 Å². The zero-order valence-corrected chi connectivity index (χ0v) is 13.3. The molecule has 1 aliphatic heterocycles. The first-order valence-electron chi connectivity index (χ1n) is 7.22. The molecule has 0 radical (unpaired) electrons. The molecule has 126 valence electrons. The summed E-state index contributed by atoms with van der Waals surface area (Å²) in [4.78, 5) is 13.0. The van der Waals surface area contributed by atoms with E-state index < -0.39 is 38.5 Å². The topological polar surface area (TPSA) is 66.5 Å². The van der Waals surface area contributed by atoms with Crippen molar-refractivity contribution in [1.82, 2.24) is 4.72 Å². The molecule has 24 heavy (non-hydrogen) atoms. The highest BCUT2D eigenvalue weighted by Crippen LogP contribution is 2.23. The predicted molar refractivity (Wildman–Crippen MR) is 83.9 cm³/mol. The van der Waals surface area contributed by atoms with E-state index in [2.05, 4.69) is 4.72 Å². The monoisotopic (exact) mass is 352 g/mol. The number of carbonyl (C=O) groups excluding carboxylic acids is 1. The Balaban J connectivity index is 1.81. The van der Waals surface area contributed by atoms with Crippen LogP contribution in [0.15, 0.2) is 53.4 Å². The van der Waals surface area contributed by atoms with Crippen LogP contribution in [0.5, 0.6) is 0 Å². The van der Waals surface area contributed by atoms with Gasteiger partial charge < -0.3 is 4.90 Å². The molecular formula is C16H14F2N2O3S. The van der Waals surface area contributed by atoms with Crippen molar-refractivity contribution >= 4 is 21.6 Å². The van der Waals surface area contributed by atoms with Crippen LogP contribution in [-0.4, -0.2) is 26.9 Å². The molecule has 0 saturated carbocycles. The summed E-state index contributed by atoms with van der Waals surface area (Å²) in [6.45, 7) is 0.335. The predicted octanol–water partition coefficient (Wildman–Crippen LogP) is 2.05. The Kier molecular flexibility index (Phi) is 4.33. The summed E-state index contributed by atoms with van der Waals surface area (Å²) in [7, 11) is -4.35. The summed E-state index contributed by atoms with van der Waals surface area (Å²) in [5, 5.41) is 0. The Labute approximate surface area is 138 Å². The third-order valence-corrected chi connectivity index (χ3v) is 5.24. The number of para-hydroxylation sites is 1. The molecule has 0 aliphatic carbocycles. The van der Waals surface area contributed by atoms with Gasteiger partial charge in [-0.15, -0.1) is 0 Å². The third-order valence-electron chi connectivity index (χ3n) is 3.75. The van der Waals surface area contributed by atoms with Crippen molar-refractivity contribution in [3.8, 4) is 0 Å². The van der Waals surface area contributed by atoms with Gasteiger partial charge >= 0.3 is 0 Å². The molecule has 0 unspecified atom stereocenters. The van der Waals surface area contributed by atoms with Crippen molar-refractivity contribution in [1.29, 1.82) is 0 Å². The molecule has 0 spiro atoms. The minimum Gasteiger partial charge on any atom is -0.311 e. The number of nitrogens with zero attached hydrogens (tertiary/aromatic N) is 1. The SMILES string of the molecule is O=C1[C@H](NS(=O)(=O)c2cc(F)ccc2F)CCN1c1ccccc1. The highest BCUT2D eigenvalue weighted by atomic mass is 32.2. The highest BCUT2D eigenvalue weighted by Gasteiger charge is 2.36. The molecule has 8 heteroatoms. The second kappa shape index (κ2) is 6.29. The number of sulfonamides is 1. The minimum atomic E-state index is -4.35. The van der Waals surface area contributed by atoms with Gasteiger partial charge in [0.05, 0.1) is 0 Å². The molecular weight excluding hydrogens is 338 g/mol. The van der Waals surface area contributed by atoms with E-state index in [1.54, 1.807) is 30.3 Å². The maximum Gasteiger partial charge on any atom is 0.245 e. The minimum absolute atomic E-state index is 0.240. The van der Waals surface area contributed by atoms with Crippen LogP contribution in [0.3, 0.4) is 0 Å². The summed E-state index contributed by atoms with van der Waals surface area (Å²) in [5.74, 6) is -2.38. The number of hydrogen-bond donors (Lipinski definition) is 1. The number of benzene rings is 2. The molecule has 5 nitrogen and oxygen atoms in total. The van der Waals surface area contributed by atoms with Crippen LogP contribution in [0.2, 0.25) is 0 Å². The van der Waals surface area contributed by atoms with Gasteiger partial charge in [-0.1, -0.05) is 18.2 Å². The molecule has 1 heterocycles. The first kappa shape index (κ1) is 16.5. The molecule has 2 aromatic rings. The van der Waals surface area contributed by atoms with Crippen LogP contribution in [0, 0.1) is 11.6 Å². The van der Waals surface area contributed by atoms with Crippen molar-refractivity contribution in [3.63, 3.8) is 0 Å². The van der Waals surface area contributed by atoms with Gasteiger partial charge in [-0.2, -0.15) is 4.72 Å². The van der Waals surface area contributed by atoms with Gasteiger partial charge in [0, 0.05) is 12.2 Å². The molecule has 1 amide bonds. The van der Waals surface area contributed by atoms with E-state index in [9.17, 15) is 22.0 Å². The van der Waals surface area contributed by atoms with E-state index in [0.29, 0.717) is 18.3 Å². The van der Waals surface area contributed by atoms with Gasteiger partial charge in [-0.05, 0) is 36.8 Å². The molecule has 1 N–H and O–H groups in total. The summed E-state index contributed by atoms with van der Waals surface area (Å²) in [6.07, 6.45) is 0.240. The summed E-state index contributed by atoms with van der Waals surface area (Å²) < 4.78 is 53.6. The largest absolute Gasteiger partial charge is 0.311 e. The van der Waals surface area contributed by atoms with E-state index in [-0.39, 0.29) is 6.42 Å². The molecule has 1 atom stereocenters. The quantitative estimate of drug-likeness (QED) is 0.916. The number of rotatable bonds is 4. The number of hydrogen-bond acceptors (Lipinski definition) is 3. The number of carbonyl (C=O) groups is 1. The fraction of sp³-hybridized carbons (Fsp3) is 0.188. The number of anilines is 1. The summed E-state index contributed by atoms with van der Waals surface area (Å²) >= 11 is 0. The van der Waals surface area contributed by atoms with Crippen molar-refractivity contribution < 1.29 is 22.0 Å². The molecule has 0 aromatic heterocycles. The van der Waals surface area contributed by atoms with Gasteiger partial charge in [0.2, 0.25) is 15.9 Å². The molecule has 1 aliphatic rings. The van der Waals surface area contributed by atoms with E-state index in [0.717, 1.165) is 12.1 Å². The standard InChI is InChI=1S/C16H14F2N2O3S/c17-11-6-7-13(18)15(10-11)24(22,23)19-14-8-9-20(16(14)21)12-4-2-1-3-5-12/h1-7,10,14,19H,8-9H2/t14-/m1/s1. The third kappa shape index (κ3) is 3.15. The molecule has 0 bridgehead atoms. The average Bonchev–Trinajstić information content (AvgIpc) is 2.91. The van der Waals surface area contributed by atoms with E-state index in [1.807, 2.05) is 0 Å². The van der Waals surface area contributed by atoms with Gasteiger partial charge in [-0.3, -0.25) is 4.79 Å². The Morgan fingerprint density at radius 2 is 1.79 bits per heavy atom. The zero-order valence-electron chi connectivity index (χ0n) is 12.4. The fourth-order valence-electron chi connectivity index (χ4n) is 2.59. The van der Waals surface area contributed by atoms with Crippen LogP contribution >= 0.6 is 0 Å². The maximum atomic E-state index is 13.7. The van der Waals surface area contributed by atoms with Crippen LogP contribution < -0.4 is 9.62 Å². The Hall–Kier alpha value is -2.32. The summed E-state index contributed by atoms with van der Waals surface area (Å²) in [5.41, 5.74) is 0.654. The first-order valence-corrected chi connectivity index (χ1v) is 8.70. The van der Waals surface area contributed by atoms with E-state index >= 15 is 0 Å². The number of amides is 1.